The highest BCUT2D eigenvalue weighted by molar-refractivity contribution is 14.1. The lowest BCUT2D eigenvalue weighted by Gasteiger charge is -2.05. The first-order valence-corrected chi connectivity index (χ1v) is 4.68. The van der Waals surface area contributed by atoms with E-state index in [4.69, 9.17) is 4.74 Å². The van der Waals surface area contributed by atoms with Gasteiger partial charge < -0.3 is 4.74 Å². The SMILES string of the molecule is COc1ccc(C(C)=O)c(I)c1F. The van der Waals surface area contributed by atoms with Crippen molar-refractivity contribution in [3.05, 3.63) is 27.1 Å². The molecule has 4 heteroatoms. The molecule has 13 heavy (non-hydrogen) atoms. The second-order valence-corrected chi connectivity index (χ2v) is 3.58. The number of ketones is 1. The molecule has 70 valence electrons. The van der Waals surface area contributed by atoms with E-state index in [0.29, 0.717) is 9.13 Å². The molecule has 0 fully saturated rings. The number of ether oxygens (including phenoxy) is 1. The topological polar surface area (TPSA) is 26.3 Å². The van der Waals surface area contributed by atoms with Crippen LogP contribution in [0.25, 0.3) is 0 Å². The molecule has 0 N–H and O–H groups in total. The molecule has 1 rings (SSSR count). The van der Waals surface area contributed by atoms with Crippen molar-refractivity contribution < 1.29 is 13.9 Å². The van der Waals surface area contributed by atoms with Gasteiger partial charge in [0.25, 0.3) is 0 Å². The van der Waals surface area contributed by atoms with Crippen molar-refractivity contribution in [2.45, 2.75) is 6.92 Å². The molecule has 0 spiro atoms. The lowest BCUT2D eigenvalue weighted by atomic mass is 10.1. The Hall–Kier alpha value is -0.650. The average molecular weight is 294 g/mol. The second kappa shape index (κ2) is 4.04. The van der Waals surface area contributed by atoms with Crippen LogP contribution in [0.15, 0.2) is 12.1 Å². The van der Waals surface area contributed by atoms with Crippen LogP contribution in [-0.4, -0.2) is 12.9 Å². The number of carbonyl (C=O) groups excluding carboxylic acids is 1. The van der Waals surface area contributed by atoms with E-state index < -0.39 is 5.82 Å². The van der Waals surface area contributed by atoms with E-state index in [1.54, 1.807) is 28.7 Å². The van der Waals surface area contributed by atoms with Gasteiger partial charge in [-0.2, -0.15) is 0 Å². The fourth-order valence-corrected chi connectivity index (χ4v) is 1.79. The van der Waals surface area contributed by atoms with Crippen molar-refractivity contribution in [3.63, 3.8) is 0 Å². The molecule has 0 aliphatic rings. The van der Waals surface area contributed by atoms with Crippen LogP contribution in [0.2, 0.25) is 0 Å². The maximum Gasteiger partial charge on any atom is 0.179 e. The quantitative estimate of drug-likeness (QED) is 0.619. The molecule has 0 amide bonds. The first-order chi connectivity index (χ1) is 6.07. The number of rotatable bonds is 2. The molecule has 0 aliphatic carbocycles. The largest absolute Gasteiger partial charge is 0.494 e. The van der Waals surface area contributed by atoms with Crippen molar-refractivity contribution in [1.29, 1.82) is 0 Å². The van der Waals surface area contributed by atoms with Gasteiger partial charge in [-0.25, -0.2) is 4.39 Å². The minimum absolute atomic E-state index is 0.147. The predicted molar refractivity (Wildman–Crippen MR) is 55.7 cm³/mol. The third kappa shape index (κ3) is 1.99. The van der Waals surface area contributed by atoms with Crippen LogP contribution in [0, 0.1) is 9.39 Å². The van der Waals surface area contributed by atoms with Gasteiger partial charge in [0.05, 0.1) is 10.7 Å². The van der Waals surface area contributed by atoms with Crippen LogP contribution in [0.3, 0.4) is 0 Å². The van der Waals surface area contributed by atoms with Gasteiger partial charge in [-0.05, 0) is 41.6 Å². The zero-order valence-corrected chi connectivity index (χ0v) is 9.38. The summed E-state index contributed by atoms with van der Waals surface area (Å²) in [6, 6.07) is 3.01. The standard InChI is InChI=1S/C9H8FIO2/c1-5(12)6-3-4-7(13-2)8(10)9(6)11/h3-4H,1-2H3. The Kier molecular flexibility index (Phi) is 3.24. The minimum atomic E-state index is -0.476. The smallest absolute Gasteiger partial charge is 0.179 e. The summed E-state index contributed by atoms with van der Waals surface area (Å²) in [5.74, 6) is -0.462. The lowest BCUT2D eigenvalue weighted by Crippen LogP contribution is -2.00. The van der Waals surface area contributed by atoms with Crippen LogP contribution in [0.4, 0.5) is 4.39 Å². The van der Waals surface area contributed by atoms with E-state index in [1.807, 2.05) is 0 Å². The van der Waals surface area contributed by atoms with Gasteiger partial charge in [-0.15, -0.1) is 0 Å². The highest BCUT2D eigenvalue weighted by Crippen LogP contribution is 2.25. The van der Waals surface area contributed by atoms with Gasteiger partial charge in [-0.1, -0.05) is 0 Å². The molecular weight excluding hydrogens is 286 g/mol. The third-order valence-electron chi connectivity index (χ3n) is 1.65. The monoisotopic (exact) mass is 294 g/mol. The summed E-state index contributed by atoms with van der Waals surface area (Å²) in [5.41, 5.74) is 0.388. The summed E-state index contributed by atoms with van der Waals surface area (Å²) in [4.78, 5) is 11.0. The Bertz CT molecular complexity index is 350. The molecule has 1 aromatic carbocycles. The number of hydrogen-bond acceptors (Lipinski definition) is 2. The van der Waals surface area contributed by atoms with Crippen LogP contribution in [0.5, 0.6) is 5.75 Å². The van der Waals surface area contributed by atoms with Gasteiger partial charge in [0, 0.05) is 5.56 Å². The van der Waals surface area contributed by atoms with E-state index in [9.17, 15) is 9.18 Å². The molecule has 2 nitrogen and oxygen atoms in total. The fourth-order valence-electron chi connectivity index (χ4n) is 0.961. The second-order valence-electron chi connectivity index (χ2n) is 2.50. The maximum absolute atomic E-state index is 13.3. The average Bonchev–Trinajstić information content (AvgIpc) is 2.09. The zero-order valence-electron chi connectivity index (χ0n) is 7.23. The van der Waals surface area contributed by atoms with Crippen molar-refractivity contribution in [1.82, 2.24) is 0 Å². The molecular formula is C9H8FIO2. The highest BCUT2D eigenvalue weighted by Gasteiger charge is 2.13. The molecule has 0 saturated carbocycles. The summed E-state index contributed by atoms with van der Waals surface area (Å²) in [6.45, 7) is 1.41. The predicted octanol–water partition coefficient (Wildman–Crippen LogP) is 2.64. The zero-order chi connectivity index (χ0) is 10.0. The molecule has 0 radical (unpaired) electrons. The molecule has 0 aliphatic heterocycles. The molecule has 0 unspecified atom stereocenters. The summed E-state index contributed by atoms with van der Waals surface area (Å²) in [7, 11) is 1.39. The molecule has 0 aromatic heterocycles. The summed E-state index contributed by atoms with van der Waals surface area (Å²) >= 11 is 1.79. The maximum atomic E-state index is 13.3. The molecule has 0 heterocycles. The number of Topliss-reactive ketones (excluding diaryl/α,β-unsaturated/α-hetero) is 1. The Morgan fingerprint density at radius 1 is 1.54 bits per heavy atom. The fraction of sp³-hybridized carbons (Fsp3) is 0.222. The van der Waals surface area contributed by atoms with Crippen LogP contribution in [0.1, 0.15) is 17.3 Å². The Labute approximate surface area is 89.2 Å². The van der Waals surface area contributed by atoms with Crippen molar-refractivity contribution in [2.75, 3.05) is 7.11 Å². The van der Waals surface area contributed by atoms with Crippen molar-refractivity contribution in [2.24, 2.45) is 0 Å². The van der Waals surface area contributed by atoms with E-state index >= 15 is 0 Å². The van der Waals surface area contributed by atoms with E-state index in [0.717, 1.165) is 0 Å². The summed E-state index contributed by atoms with van der Waals surface area (Å²) in [6.07, 6.45) is 0. The van der Waals surface area contributed by atoms with Crippen LogP contribution in [-0.2, 0) is 0 Å². The van der Waals surface area contributed by atoms with Gasteiger partial charge in [0.1, 0.15) is 0 Å². The minimum Gasteiger partial charge on any atom is -0.494 e. The molecule has 0 bridgehead atoms. The highest BCUT2D eigenvalue weighted by atomic mass is 127. The van der Waals surface area contributed by atoms with Crippen molar-refractivity contribution in [3.8, 4) is 5.75 Å². The number of methoxy groups -OCH3 is 1. The summed E-state index contributed by atoms with van der Waals surface area (Å²) in [5, 5.41) is 0. The Morgan fingerprint density at radius 3 is 2.62 bits per heavy atom. The van der Waals surface area contributed by atoms with Crippen LogP contribution < -0.4 is 4.74 Å². The normalized spacial score (nSPS) is 9.85. The number of carbonyl (C=O) groups is 1. The van der Waals surface area contributed by atoms with E-state index in [2.05, 4.69) is 0 Å². The Balaban J connectivity index is 3.31. The van der Waals surface area contributed by atoms with E-state index in [-0.39, 0.29) is 11.5 Å². The Morgan fingerprint density at radius 2 is 2.15 bits per heavy atom. The number of halogens is 2. The number of benzene rings is 1. The third-order valence-corrected chi connectivity index (χ3v) is 2.70. The van der Waals surface area contributed by atoms with Gasteiger partial charge in [-0.3, -0.25) is 4.79 Å². The lowest BCUT2D eigenvalue weighted by molar-refractivity contribution is 0.101. The first kappa shape index (κ1) is 10.4. The molecule has 0 atom stereocenters. The van der Waals surface area contributed by atoms with E-state index in [1.165, 1.54) is 20.1 Å². The molecule has 1 aromatic rings. The summed E-state index contributed by atoms with van der Waals surface area (Å²) < 4.78 is 18.4. The number of hydrogen-bond donors (Lipinski definition) is 0. The van der Waals surface area contributed by atoms with Gasteiger partial charge in [0.15, 0.2) is 17.3 Å². The van der Waals surface area contributed by atoms with Gasteiger partial charge in [0.2, 0.25) is 0 Å². The van der Waals surface area contributed by atoms with Crippen molar-refractivity contribution >= 4 is 28.4 Å². The molecule has 0 saturated heterocycles. The van der Waals surface area contributed by atoms with Crippen LogP contribution >= 0.6 is 22.6 Å². The first-order valence-electron chi connectivity index (χ1n) is 3.61. The van der Waals surface area contributed by atoms with Gasteiger partial charge >= 0.3 is 0 Å².